The molecule has 0 aliphatic carbocycles. The van der Waals surface area contributed by atoms with Crippen LogP contribution < -0.4 is 11.5 Å². The lowest BCUT2D eigenvalue weighted by atomic mass is 9.95. The summed E-state index contributed by atoms with van der Waals surface area (Å²) < 4.78 is 0. The van der Waals surface area contributed by atoms with Gasteiger partial charge in [-0.1, -0.05) is 0 Å². The second-order valence-electron chi connectivity index (χ2n) is 4.77. The van der Waals surface area contributed by atoms with Crippen molar-refractivity contribution in [3.8, 4) is 0 Å². The number of guanidine groups is 1. The van der Waals surface area contributed by atoms with Crippen LogP contribution in [-0.4, -0.2) is 40.3 Å². The lowest BCUT2D eigenvalue weighted by Gasteiger charge is -2.37. The van der Waals surface area contributed by atoms with Gasteiger partial charge in [0.2, 0.25) is 5.78 Å². The maximum absolute atomic E-state index is 12.1. The van der Waals surface area contributed by atoms with Gasteiger partial charge in [-0.15, -0.1) is 11.3 Å². The largest absolute Gasteiger partial charge is 0.370 e. The Morgan fingerprint density at radius 2 is 2.42 bits per heavy atom. The van der Waals surface area contributed by atoms with Gasteiger partial charge in [0.1, 0.15) is 0 Å². The van der Waals surface area contributed by atoms with Crippen LogP contribution in [0, 0.1) is 5.41 Å². The number of nitrogens with one attached hydrogen (secondary N) is 1. The molecule has 0 radical (unpaired) electrons. The molecule has 1 aromatic rings. The molecule has 2 atom stereocenters. The van der Waals surface area contributed by atoms with Gasteiger partial charge in [0, 0.05) is 24.2 Å². The third-order valence-corrected chi connectivity index (χ3v) is 4.23. The van der Waals surface area contributed by atoms with Crippen LogP contribution in [0.3, 0.4) is 0 Å². The van der Waals surface area contributed by atoms with Crippen LogP contribution >= 0.6 is 11.3 Å². The highest BCUT2D eigenvalue weighted by atomic mass is 32.1. The first-order valence-electron chi connectivity index (χ1n) is 6.39. The van der Waals surface area contributed by atoms with Crippen LogP contribution in [0.4, 0.5) is 0 Å². The number of hydrogen-bond donors (Lipinski definition) is 3. The number of likely N-dealkylation sites (tertiary alicyclic amines) is 1. The SMILES string of the molecule is N=C(N)N1CCCCC1CC(N)C(=O)c1nccs1. The summed E-state index contributed by atoms with van der Waals surface area (Å²) in [6, 6.07) is -0.485. The molecule has 0 spiro atoms. The van der Waals surface area contributed by atoms with Crippen LogP contribution in [0.5, 0.6) is 0 Å². The molecule has 2 rings (SSSR count). The fourth-order valence-electron chi connectivity index (χ4n) is 2.47. The highest BCUT2D eigenvalue weighted by Crippen LogP contribution is 2.21. The van der Waals surface area contributed by atoms with E-state index in [2.05, 4.69) is 4.98 Å². The quantitative estimate of drug-likeness (QED) is 0.429. The summed E-state index contributed by atoms with van der Waals surface area (Å²) in [5, 5.41) is 9.80. The third kappa shape index (κ3) is 3.30. The zero-order valence-corrected chi connectivity index (χ0v) is 11.5. The fraction of sp³-hybridized carbons (Fsp3) is 0.583. The summed E-state index contributed by atoms with van der Waals surface area (Å²) in [6.07, 6.45) is 5.18. The number of hydrogen-bond acceptors (Lipinski definition) is 5. The zero-order valence-electron chi connectivity index (χ0n) is 10.7. The summed E-state index contributed by atoms with van der Waals surface area (Å²) >= 11 is 1.31. The molecule has 0 aromatic carbocycles. The first kappa shape index (κ1) is 14.0. The topological polar surface area (TPSA) is 109 Å². The van der Waals surface area contributed by atoms with Gasteiger partial charge in [0.25, 0.3) is 0 Å². The van der Waals surface area contributed by atoms with Gasteiger partial charge >= 0.3 is 0 Å². The minimum atomic E-state index is -0.573. The number of aromatic nitrogens is 1. The highest BCUT2D eigenvalue weighted by Gasteiger charge is 2.28. The number of carbonyl (C=O) groups is 1. The summed E-state index contributed by atoms with van der Waals surface area (Å²) in [5.74, 6) is -0.0531. The molecule has 1 aliphatic rings. The molecular weight excluding hydrogens is 262 g/mol. The van der Waals surface area contributed by atoms with E-state index in [-0.39, 0.29) is 17.8 Å². The number of rotatable bonds is 4. The van der Waals surface area contributed by atoms with E-state index in [0.717, 1.165) is 25.8 Å². The Morgan fingerprint density at radius 3 is 3.05 bits per heavy atom. The van der Waals surface area contributed by atoms with Crippen LogP contribution in [-0.2, 0) is 0 Å². The molecule has 7 heteroatoms. The Balaban J connectivity index is 1.99. The van der Waals surface area contributed by atoms with E-state index >= 15 is 0 Å². The maximum atomic E-state index is 12.1. The standard InChI is InChI=1S/C12H19N5OS/c13-9(10(18)11-16-4-6-19-11)7-8-3-1-2-5-17(8)12(14)15/h4,6,8-9H,1-3,5,7,13H2,(H3,14,15). The van der Waals surface area contributed by atoms with Gasteiger partial charge < -0.3 is 16.4 Å². The van der Waals surface area contributed by atoms with Gasteiger partial charge in [0.05, 0.1) is 6.04 Å². The van der Waals surface area contributed by atoms with Crippen molar-refractivity contribution in [2.45, 2.75) is 37.8 Å². The smallest absolute Gasteiger partial charge is 0.208 e. The van der Waals surface area contributed by atoms with Crippen molar-refractivity contribution < 1.29 is 4.79 Å². The van der Waals surface area contributed by atoms with Crippen molar-refractivity contribution in [2.24, 2.45) is 11.5 Å². The van der Waals surface area contributed by atoms with Gasteiger partial charge in [-0.25, -0.2) is 4.98 Å². The van der Waals surface area contributed by atoms with E-state index in [4.69, 9.17) is 16.9 Å². The zero-order chi connectivity index (χ0) is 13.8. The molecule has 2 unspecified atom stereocenters. The molecule has 1 fully saturated rings. The van der Waals surface area contributed by atoms with Gasteiger partial charge in [0.15, 0.2) is 11.0 Å². The number of nitrogens with zero attached hydrogens (tertiary/aromatic N) is 2. The van der Waals surface area contributed by atoms with Crippen LogP contribution in [0.2, 0.25) is 0 Å². The molecule has 104 valence electrons. The summed E-state index contributed by atoms with van der Waals surface area (Å²) in [5.41, 5.74) is 11.6. The summed E-state index contributed by atoms with van der Waals surface area (Å²) in [7, 11) is 0. The maximum Gasteiger partial charge on any atom is 0.208 e. The first-order valence-corrected chi connectivity index (χ1v) is 7.27. The molecule has 0 saturated carbocycles. The van der Waals surface area contributed by atoms with E-state index in [1.807, 2.05) is 4.90 Å². The van der Waals surface area contributed by atoms with Crippen molar-refractivity contribution in [3.63, 3.8) is 0 Å². The number of ketones is 1. The predicted octanol–water partition coefficient (Wildman–Crippen LogP) is 0.791. The summed E-state index contributed by atoms with van der Waals surface area (Å²) in [4.78, 5) is 17.9. The fourth-order valence-corrected chi connectivity index (χ4v) is 3.11. The second kappa shape index (κ2) is 6.12. The summed E-state index contributed by atoms with van der Waals surface area (Å²) in [6.45, 7) is 0.776. The molecule has 0 amide bonds. The Hall–Kier alpha value is -1.47. The number of piperidine rings is 1. The van der Waals surface area contributed by atoms with Crippen LogP contribution in [0.25, 0.3) is 0 Å². The van der Waals surface area contributed by atoms with Crippen molar-refractivity contribution >= 4 is 23.1 Å². The Bertz CT molecular complexity index is 447. The number of nitrogens with two attached hydrogens (primary N) is 2. The van der Waals surface area contributed by atoms with E-state index < -0.39 is 6.04 Å². The first-order chi connectivity index (χ1) is 9.09. The predicted molar refractivity (Wildman–Crippen MR) is 75.3 cm³/mol. The highest BCUT2D eigenvalue weighted by molar-refractivity contribution is 7.11. The van der Waals surface area contributed by atoms with E-state index in [1.54, 1.807) is 11.6 Å². The molecule has 19 heavy (non-hydrogen) atoms. The van der Waals surface area contributed by atoms with E-state index in [9.17, 15) is 4.79 Å². The van der Waals surface area contributed by atoms with Crippen molar-refractivity contribution in [3.05, 3.63) is 16.6 Å². The van der Waals surface area contributed by atoms with Crippen LogP contribution in [0.15, 0.2) is 11.6 Å². The van der Waals surface area contributed by atoms with Crippen molar-refractivity contribution in [1.29, 1.82) is 5.41 Å². The monoisotopic (exact) mass is 281 g/mol. The van der Waals surface area contributed by atoms with Crippen molar-refractivity contribution in [1.82, 2.24) is 9.88 Å². The molecule has 1 aliphatic heterocycles. The number of Topliss-reactive ketones (excluding diaryl/α,β-unsaturated/α-hetero) is 1. The lowest BCUT2D eigenvalue weighted by Crippen LogP contribution is -2.50. The number of carbonyl (C=O) groups excluding carboxylic acids is 1. The minimum absolute atomic E-state index is 0.0681. The second-order valence-corrected chi connectivity index (χ2v) is 5.67. The average molecular weight is 281 g/mol. The Labute approximate surface area is 116 Å². The third-order valence-electron chi connectivity index (χ3n) is 3.44. The number of thiazole rings is 1. The molecule has 1 saturated heterocycles. The molecule has 0 bridgehead atoms. The average Bonchev–Trinajstić information content (AvgIpc) is 2.92. The minimum Gasteiger partial charge on any atom is -0.370 e. The Morgan fingerprint density at radius 1 is 1.63 bits per heavy atom. The van der Waals surface area contributed by atoms with Crippen LogP contribution in [0.1, 0.15) is 35.5 Å². The van der Waals surface area contributed by atoms with E-state index in [0.29, 0.717) is 11.4 Å². The molecule has 5 N–H and O–H groups in total. The molecular formula is C12H19N5OS. The Kier molecular flexibility index (Phi) is 4.49. The normalized spacial score (nSPS) is 21.1. The van der Waals surface area contributed by atoms with Gasteiger partial charge in [-0.3, -0.25) is 10.2 Å². The molecule has 1 aromatic heterocycles. The molecule has 6 nitrogen and oxygen atoms in total. The van der Waals surface area contributed by atoms with Gasteiger partial charge in [-0.2, -0.15) is 0 Å². The lowest BCUT2D eigenvalue weighted by molar-refractivity contribution is 0.0935. The van der Waals surface area contributed by atoms with Crippen molar-refractivity contribution in [2.75, 3.05) is 6.54 Å². The van der Waals surface area contributed by atoms with Gasteiger partial charge in [-0.05, 0) is 25.7 Å². The molecule has 2 heterocycles. The van der Waals surface area contributed by atoms with E-state index in [1.165, 1.54) is 11.3 Å².